The van der Waals surface area contributed by atoms with E-state index < -0.39 is 18.0 Å². The van der Waals surface area contributed by atoms with Gasteiger partial charge in [-0.3, -0.25) is 0 Å². The third-order valence-electron chi connectivity index (χ3n) is 3.06. The lowest BCUT2D eigenvalue weighted by Crippen LogP contribution is -2.46. The average molecular weight is 285 g/mol. The highest BCUT2D eigenvalue weighted by Gasteiger charge is 2.33. The maximum absolute atomic E-state index is 11.3. The lowest BCUT2D eigenvalue weighted by Gasteiger charge is -2.28. The molecule has 0 heterocycles. The zero-order valence-electron chi connectivity index (χ0n) is 11.2. The highest BCUT2D eigenvalue weighted by Crippen LogP contribution is 2.20. The van der Waals surface area contributed by atoms with Gasteiger partial charge in [0.15, 0.2) is 0 Å². The molecule has 108 valence electrons. The second-order valence-corrected chi connectivity index (χ2v) is 4.53. The molecule has 0 bridgehead atoms. The lowest BCUT2D eigenvalue weighted by atomic mass is 10.1. The molecule has 0 amide bonds. The number of carboxylic acid groups (broad SMARTS) is 2. The van der Waals surface area contributed by atoms with Crippen LogP contribution in [0.3, 0.4) is 0 Å². The summed E-state index contributed by atoms with van der Waals surface area (Å²) >= 11 is 0. The van der Waals surface area contributed by atoms with Crippen molar-refractivity contribution in [1.29, 1.82) is 0 Å². The molecular weight excluding hydrogens is 270 g/mol. The molecule has 21 heavy (non-hydrogen) atoms. The van der Waals surface area contributed by atoms with Crippen molar-refractivity contribution in [2.45, 2.75) is 12.6 Å². The van der Waals surface area contributed by atoms with E-state index in [1.807, 2.05) is 30.3 Å². The zero-order chi connectivity index (χ0) is 15.2. The van der Waals surface area contributed by atoms with Gasteiger partial charge in [-0.2, -0.15) is 0 Å². The minimum absolute atomic E-state index is 0.202. The van der Waals surface area contributed by atoms with Gasteiger partial charge in [0.1, 0.15) is 0 Å². The number of para-hydroxylation sites is 1. The highest BCUT2D eigenvalue weighted by molar-refractivity contribution is 6.00. The Bertz CT molecular complexity index is 599. The molecule has 0 saturated carbocycles. The predicted octanol–water partition coefficient (Wildman–Crippen LogP) is 2.23. The number of hydrogen-bond donors (Lipinski definition) is 2. The van der Waals surface area contributed by atoms with Crippen LogP contribution in [-0.2, 0) is 16.1 Å². The smallest absolute Gasteiger partial charge is 0.338 e. The van der Waals surface area contributed by atoms with Crippen LogP contribution in [0.4, 0.5) is 5.69 Å². The molecule has 2 aromatic carbocycles. The summed E-state index contributed by atoms with van der Waals surface area (Å²) in [5.41, 5.74) is 1.39. The first-order valence-electron chi connectivity index (χ1n) is 6.41. The van der Waals surface area contributed by atoms with Gasteiger partial charge in [-0.1, -0.05) is 48.5 Å². The summed E-state index contributed by atoms with van der Waals surface area (Å²) in [4.78, 5) is 24.0. The Kier molecular flexibility index (Phi) is 4.56. The lowest BCUT2D eigenvalue weighted by molar-refractivity contribution is -0.149. The van der Waals surface area contributed by atoms with Gasteiger partial charge in [-0.15, -0.1) is 0 Å². The van der Waals surface area contributed by atoms with Crippen LogP contribution in [0.25, 0.3) is 0 Å². The molecule has 0 aromatic heterocycles. The van der Waals surface area contributed by atoms with Crippen molar-refractivity contribution in [2.75, 3.05) is 4.90 Å². The summed E-state index contributed by atoms with van der Waals surface area (Å²) in [5.74, 6) is -2.77. The van der Waals surface area contributed by atoms with E-state index in [9.17, 15) is 19.8 Å². The Morgan fingerprint density at radius 3 is 1.81 bits per heavy atom. The Balaban J connectivity index is 2.39. The zero-order valence-corrected chi connectivity index (χ0v) is 11.2. The molecule has 0 aliphatic carbocycles. The number of anilines is 1. The number of hydrogen-bond acceptors (Lipinski definition) is 3. The molecule has 0 atom stereocenters. The Labute approximate surface area is 122 Å². The molecule has 2 rings (SSSR count). The first-order valence-corrected chi connectivity index (χ1v) is 6.41. The molecule has 0 saturated heterocycles. The van der Waals surface area contributed by atoms with Crippen LogP contribution in [0.2, 0.25) is 0 Å². The van der Waals surface area contributed by atoms with Gasteiger partial charge in [0.05, 0.1) is 0 Å². The number of carbonyl (C=O) groups is 2. The molecule has 0 aliphatic rings. The molecule has 2 aromatic rings. The maximum atomic E-state index is 11.3. The summed E-state index contributed by atoms with van der Waals surface area (Å²) in [7, 11) is 0. The number of benzene rings is 2. The normalized spacial score (nSPS) is 10.3. The summed E-state index contributed by atoms with van der Waals surface area (Å²) in [5, 5.41) is 18.5. The van der Waals surface area contributed by atoms with E-state index in [-0.39, 0.29) is 6.54 Å². The summed E-state index contributed by atoms with van der Waals surface area (Å²) in [6, 6.07) is 16.2. The van der Waals surface area contributed by atoms with Crippen molar-refractivity contribution in [3.8, 4) is 0 Å². The molecular formula is C16H15NO4. The van der Waals surface area contributed by atoms with Crippen molar-refractivity contribution >= 4 is 17.6 Å². The van der Waals surface area contributed by atoms with E-state index in [0.29, 0.717) is 5.69 Å². The fourth-order valence-corrected chi connectivity index (χ4v) is 2.10. The minimum Gasteiger partial charge on any atom is -0.479 e. The minimum atomic E-state index is -1.63. The van der Waals surface area contributed by atoms with E-state index in [1.165, 1.54) is 4.90 Å². The van der Waals surface area contributed by atoms with Gasteiger partial charge < -0.3 is 15.1 Å². The second-order valence-electron chi connectivity index (χ2n) is 4.53. The fourth-order valence-electron chi connectivity index (χ4n) is 2.10. The number of aliphatic carboxylic acids is 2. The molecule has 0 spiro atoms. The van der Waals surface area contributed by atoms with E-state index in [4.69, 9.17) is 0 Å². The third kappa shape index (κ3) is 3.60. The third-order valence-corrected chi connectivity index (χ3v) is 3.06. The molecule has 5 nitrogen and oxygen atoms in total. The van der Waals surface area contributed by atoms with Crippen LogP contribution < -0.4 is 4.90 Å². The van der Waals surface area contributed by atoms with Gasteiger partial charge in [-0.05, 0) is 17.7 Å². The van der Waals surface area contributed by atoms with Crippen molar-refractivity contribution in [1.82, 2.24) is 0 Å². The Hall–Kier alpha value is -2.82. The van der Waals surface area contributed by atoms with Gasteiger partial charge in [0.2, 0.25) is 6.04 Å². The maximum Gasteiger partial charge on any atom is 0.338 e. The molecule has 0 radical (unpaired) electrons. The van der Waals surface area contributed by atoms with Gasteiger partial charge in [0, 0.05) is 12.2 Å². The number of nitrogens with zero attached hydrogens (tertiary/aromatic N) is 1. The SMILES string of the molecule is O=C(O)C(C(=O)O)N(Cc1ccccc1)c1ccccc1. The fraction of sp³-hybridized carbons (Fsp3) is 0.125. The number of rotatable bonds is 6. The summed E-state index contributed by atoms with van der Waals surface area (Å²) in [6.45, 7) is 0.202. The summed E-state index contributed by atoms with van der Waals surface area (Å²) in [6.07, 6.45) is 0. The highest BCUT2D eigenvalue weighted by atomic mass is 16.4. The average Bonchev–Trinajstić information content (AvgIpc) is 2.48. The van der Waals surface area contributed by atoms with E-state index in [1.54, 1.807) is 30.3 Å². The van der Waals surface area contributed by atoms with Gasteiger partial charge in [-0.25, -0.2) is 9.59 Å². The molecule has 0 unspecified atom stereocenters. The summed E-state index contributed by atoms with van der Waals surface area (Å²) < 4.78 is 0. The quantitative estimate of drug-likeness (QED) is 0.796. The standard InChI is InChI=1S/C16H15NO4/c18-15(19)14(16(20)21)17(13-9-5-2-6-10-13)11-12-7-3-1-4-8-12/h1-10,14H,11H2,(H,18,19)(H,20,21). The Morgan fingerprint density at radius 1 is 0.857 bits per heavy atom. The predicted molar refractivity (Wildman–Crippen MR) is 78.1 cm³/mol. The van der Waals surface area contributed by atoms with Crippen molar-refractivity contribution in [3.63, 3.8) is 0 Å². The molecule has 0 fully saturated rings. The number of carboxylic acids is 2. The van der Waals surface area contributed by atoms with Crippen LogP contribution in [-0.4, -0.2) is 28.2 Å². The topological polar surface area (TPSA) is 77.8 Å². The van der Waals surface area contributed by atoms with Crippen LogP contribution in [0, 0.1) is 0 Å². The van der Waals surface area contributed by atoms with E-state index >= 15 is 0 Å². The molecule has 2 N–H and O–H groups in total. The van der Waals surface area contributed by atoms with Gasteiger partial charge in [0.25, 0.3) is 0 Å². The molecule has 0 aliphatic heterocycles. The van der Waals surface area contributed by atoms with Crippen LogP contribution in [0.15, 0.2) is 60.7 Å². The van der Waals surface area contributed by atoms with Crippen LogP contribution in [0.1, 0.15) is 5.56 Å². The van der Waals surface area contributed by atoms with Crippen LogP contribution in [0.5, 0.6) is 0 Å². The van der Waals surface area contributed by atoms with Crippen molar-refractivity contribution < 1.29 is 19.8 Å². The first kappa shape index (κ1) is 14.6. The van der Waals surface area contributed by atoms with E-state index in [0.717, 1.165) is 5.56 Å². The molecule has 5 heteroatoms. The first-order chi connectivity index (χ1) is 10.1. The van der Waals surface area contributed by atoms with Crippen molar-refractivity contribution in [2.24, 2.45) is 0 Å². The van der Waals surface area contributed by atoms with Crippen molar-refractivity contribution in [3.05, 3.63) is 66.2 Å². The monoisotopic (exact) mass is 285 g/mol. The van der Waals surface area contributed by atoms with E-state index in [2.05, 4.69) is 0 Å². The van der Waals surface area contributed by atoms with Gasteiger partial charge >= 0.3 is 11.9 Å². The van der Waals surface area contributed by atoms with Crippen LogP contribution >= 0.6 is 0 Å². The largest absolute Gasteiger partial charge is 0.479 e. The second kappa shape index (κ2) is 6.56. The Morgan fingerprint density at radius 2 is 1.33 bits per heavy atom.